The van der Waals surface area contributed by atoms with Gasteiger partial charge >= 0.3 is 0 Å². The highest BCUT2D eigenvalue weighted by Gasteiger charge is 2.22. The van der Waals surface area contributed by atoms with Gasteiger partial charge in [-0.3, -0.25) is 9.48 Å². The monoisotopic (exact) mass is 313 g/mol. The number of nitrogens with zero attached hydrogens (tertiary/aromatic N) is 5. The number of aromatic nitrogens is 4. The first-order valence-corrected chi connectivity index (χ1v) is 8.26. The summed E-state index contributed by atoms with van der Waals surface area (Å²) in [5.74, 6) is 0.649. The summed E-state index contributed by atoms with van der Waals surface area (Å²) in [6.07, 6.45) is 6.54. The van der Waals surface area contributed by atoms with E-state index in [2.05, 4.69) is 28.1 Å². The summed E-state index contributed by atoms with van der Waals surface area (Å²) in [7, 11) is 0. The van der Waals surface area contributed by atoms with Crippen molar-refractivity contribution in [3.63, 3.8) is 0 Å². The van der Waals surface area contributed by atoms with Crippen LogP contribution in [0.5, 0.6) is 0 Å². The quantitative estimate of drug-likeness (QED) is 0.867. The average molecular weight is 313 g/mol. The van der Waals surface area contributed by atoms with E-state index in [1.807, 2.05) is 15.6 Å². The van der Waals surface area contributed by atoms with Crippen LogP contribution in [0.2, 0.25) is 0 Å². The Labute approximate surface area is 136 Å². The molecule has 6 nitrogen and oxygen atoms in total. The van der Waals surface area contributed by atoms with E-state index in [4.69, 9.17) is 0 Å². The molecule has 0 bridgehead atoms. The predicted molar refractivity (Wildman–Crippen MR) is 87.6 cm³/mol. The molecule has 1 aliphatic heterocycles. The maximum Gasteiger partial charge on any atom is 0.219 e. The van der Waals surface area contributed by atoms with Crippen molar-refractivity contribution in [1.29, 1.82) is 0 Å². The summed E-state index contributed by atoms with van der Waals surface area (Å²) in [5, 5.41) is 4.30. The van der Waals surface area contributed by atoms with Gasteiger partial charge in [0.15, 0.2) is 0 Å². The minimum absolute atomic E-state index is 0.171. The molecule has 1 fully saturated rings. The van der Waals surface area contributed by atoms with E-state index in [-0.39, 0.29) is 5.91 Å². The summed E-state index contributed by atoms with van der Waals surface area (Å²) in [4.78, 5) is 22.3. The summed E-state index contributed by atoms with van der Waals surface area (Å²) < 4.78 is 1.93. The number of hydrogen-bond donors (Lipinski definition) is 0. The molecule has 1 amide bonds. The molecule has 6 heteroatoms. The van der Waals surface area contributed by atoms with Crippen molar-refractivity contribution < 1.29 is 4.79 Å². The number of amides is 1. The first-order chi connectivity index (χ1) is 11.2. The summed E-state index contributed by atoms with van der Waals surface area (Å²) in [6.45, 7) is 6.25. The highest BCUT2D eigenvalue weighted by Crippen LogP contribution is 2.22. The smallest absolute Gasteiger partial charge is 0.219 e. The number of rotatable bonds is 4. The Morgan fingerprint density at radius 2 is 2.26 bits per heavy atom. The lowest BCUT2D eigenvalue weighted by atomic mass is 9.93. The van der Waals surface area contributed by atoms with E-state index in [1.54, 1.807) is 19.4 Å². The average Bonchev–Trinajstić information content (AvgIpc) is 3.04. The highest BCUT2D eigenvalue weighted by molar-refractivity contribution is 5.73. The molecule has 3 rings (SSSR count). The molecule has 2 aromatic heterocycles. The van der Waals surface area contributed by atoms with Gasteiger partial charge in [0.2, 0.25) is 5.91 Å². The third-order valence-corrected chi connectivity index (χ3v) is 4.46. The molecule has 2 aromatic rings. The van der Waals surface area contributed by atoms with E-state index in [9.17, 15) is 4.79 Å². The second-order valence-electron chi connectivity index (χ2n) is 6.10. The van der Waals surface area contributed by atoms with Crippen LogP contribution in [0.1, 0.15) is 32.4 Å². The molecule has 1 saturated heterocycles. The fourth-order valence-electron chi connectivity index (χ4n) is 3.26. The Bertz CT molecular complexity index is 681. The number of piperidine rings is 1. The zero-order chi connectivity index (χ0) is 16.2. The maximum absolute atomic E-state index is 11.6. The van der Waals surface area contributed by atoms with E-state index in [0.717, 1.165) is 56.0 Å². The zero-order valence-electron chi connectivity index (χ0n) is 13.8. The molecule has 122 valence electrons. The van der Waals surface area contributed by atoms with Gasteiger partial charge in [-0.25, -0.2) is 9.97 Å². The van der Waals surface area contributed by atoms with Crippen molar-refractivity contribution in [2.24, 2.45) is 5.92 Å². The minimum atomic E-state index is 0.171. The number of likely N-dealkylation sites (tertiary alicyclic amines) is 1. The molecule has 0 saturated carbocycles. The van der Waals surface area contributed by atoms with Crippen LogP contribution in [0.25, 0.3) is 11.4 Å². The molecule has 0 aliphatic carbocycles. The second kappa shape index (κ2) is 6.89. The third-order valence-electron chi connectivity index (χ3n) is 4.46. The molecule has 3 heterocycles. The van der Waals surface area contributed by atoms with Gasteiger partial charge in [-0.2, -0.15) is 5.10 Å². The molecular formula is C17H23N5O. The van der Waals surface area contributed by atoms with Crippen LogP contribution in [0.4, 0.5) is 0 Å². The minimum Gasteiger partial charge on any atom is -0.343 e. The molecule has 1 unspecified atom stereocenters. The first-order valence-electron chi connectivity index (χ1n) is 8.26. The van der Waals surface area contributed by atoms with Crippen molar-refractivity contribution in [3.8, 4) is 11.4 Å². The molecule has 0 aromatic carbocycles. The molecule has 0 N–H and O–H groups in total. The van der Waals surface area contributed by atoms with E-state index >= 15 is 0 Å². The van der Waals surface area contributed by atoms with Crippen LogP contribution in [0.3, 0.4) is 0 Å². The normalized spacial score (nSPS) is 18.2. The Balaban J connectivity index is 1.74. The van der Waals surface area contributed by atoms with Crippen LogP contribution in [0, 0.1) is 5.92 Å². The van der Waals surface area contributed by atoms with E-state index in [0.29, 0.717) is 5.92 Å². The molecule has 0 radical (unpaired) electrons. The Morgan fingerprint density at radius 1 is 1.39 bits per heavy atom. The number of carbonyl (C=O) groups is 1. The number of aryl methyl sites for hydroxylation is 1. The lowest BCUT2D eigenvalue weighted by molar-refractivity contribution is -0.130. The van der Waals surface area contributed by atoms with Crippen LogP contribution < -0.4 is 0 Å². The van der Waals surface area contributed by atoms with Gasteiger partial charge in [-0.15, -0.1) is 0 Å². The maximum atomic E-state index is 11.6. The van der Waals surface area contributed by atoms with Gasteiger partial charge in [-0.1, -0.05) is 0 Å². The third kappa shape index (κ3) is 3.57. The standard InChI is InChI=1S/C17H23N5O/c1-3-22-17(6-7-20-22)16-10-15(18-12-19-16)9-14-5-4-8-21(11-14)13(2)23/h6-7,10,12,14H,3-5,8-9,11H2,1-2H3. The predicted octanol–water partition coefficient (Wildman–Crippen LogP) is 2.16. The fourth-order valence-corrected chi connectivity index (χ4v) is 3.26. The molecule has 1 atom stereocenters. The Kier molecular flexibility index (Phi) is 4.69. The van der Waals surface area contributed by atoms with E-state index < -0.39 is 0 Å². The summed E-state index contributed by atoms with van der Waals surface area (Å²) >= 11 is 0. The fraction of sp³-hybridized carbons (Fsp3) is 0.529. The lowest BCUT2D eigenvalue weighted by Gasteiger charge is -2.31. The summed E-state index contributed by atoms with van der Waals surface area (Å²) in [6, 6.07) is 4.03. The van der Waals surface area contributed by atoms with Crippen molar-refractivity contribution in [2.45, 2.75) is 39.7 Å². The van der Waals surface area contributed by atoms with Crippen LogP contribution in [-0.4, -0.2) is 43.6 Å². The second-order valence-corrected chi connectivity index (χ2v) is 6.10. The van der Waals surface area contributed by atoms with Crippen LogP contribution in [0.15, 0.2) is 24.7 Å². The van der Waals surface area contributed by atoms with Gasteiger partial charge in [0.1, 0.15) is 6.33 Å². The SMILES string of the molecule is CCn1nccc1-c1cc(CC2CCCN(C(C)=O)C2)ncn1. The zero-order valence-corrected chi connectivity index (χ0v) is 13.8. The van der Waals surface area contributed by atoms with Gasteiger partial charge in [-0.05, 0) is 44.2 Å². The highest BCUT2D eigenvalue weighted by atomic mass is 16.2. The molecule has 23 heavy (non-hydrogen) atoms. The number of hydrogen-bond acceptors (Lipinski definition) is 4. The summed E-state index contributed by atoms with van der Waals surface area (Å²) in [5.41, 5.74) is 2.97. The molecule has 1 aliphatic rings. The largest absolute Gasteiger partial charge is 0.343 e. The van der Waals surface area contributed by atoms with Crippen LogP contribution >= 0.6 is 0 Å². The molecular weight excluding hydrogens is 290 g/mol. The van der Waals surface area contributed by atoms with Gasteiger partial charge < -0.3 is 4.90 Å². The lowest BCUT2D eigenvalue weighted by Crippen LogP contribution is -2.39. The van der Waals surface area contributed by atoms with Crippen molar-refractivity contribution in [3.05, 3.63) is 30.4 Å². The number of carbonyl (C=O) groups excluding carboxylic acids is 1. The van der Waals surface area contributed by atoms with Gasteiger partial charge in [0, 0.05) is 38.4 Å². The van der Waals surface area contributed by atoms with Crippen molar-refractivity contribution in [1.82, 2.24) is 24.6 Å². The van der Waals surface area contributed by atoms with Crippen molar-refractivity contribution >= 4 is 5.91 Å². The van der Waals surface area contributed by atoms with Gasteiger partial charge in [0.05, 0.1) is 11.4 Å². The Hall–Kier alpha value is -2.24. The van der Waals surface area contributed by atoms with Crippen molar-refractivity contribution in [2.75, 3.05) is 13.1 Å². The Morgan fingerprint density at radius 3 is 3.04 bits per heavy atom. The topological polar surface area (TPSA) is 63.9 Å². The van der Waals surface area contributed by atoms with Gasteiger partial charge in [0.25, 0.3) is 0 Å². The molecule has 0 spiro atoms. The van der Waals surface area contributed by atoms with Crippen LogP contribution in [-0.2, 0) is 17.8 Å². The first kappa shape index (κ1) is 15.6. The van der Waals surface area contributed by atoms with E-state index in [1.165, 1.54) is 0 Å².